The Morgan fingerprint density at radius 3 is 2.85 bits per heavy atom. The van der Waals surface area contributed by atoms with Crippen molar-refractivity contribution in [2.45, 2.75) is 6.92 Å². The lowest BCUT2D eigenvalue weighted by Gasteiger charge is -2.08. The summed E-state index contributed by atoms with van der Waals surface area (Å²) in [6, 6.07) is 3.71. The second-order valence-electron chi connectivity index (χ2n) is 2.53. The van der Waals surface area contributed by atoms with Gasteiger partial charge in [0.2, 0.25) is 0 Å². The molecule has 0 unspecified atom stereocenters. The summed E-state index contributed by atoms with van der Waals surface area (Å²) in [7, 11) is 0. The van der Waals surface area contributed by atoms with Crippen LogP contribution in [0.3, 0.4) is 0 Å². The number of halogens is 2. The van der Waals surface area contributed by atoms with Gasteiger partial charge in [-0.05, 0) is 24.6 Å². The Labute approximate surface area is 91.2 Å². The summed E-state index contributed by atoms with van der Waals surface area (Å²) in [5, 5.41) is 0.571. The van der Waals surface area contributed by atoms with Gasteiger partial charge in [0.1, 0.15) is 12.4 Å². The van der Waals surface area contributed by atoms with Crippen LogP contribution in [0, 0.1) is 19.3 Å². The molecule has 68 valence electrons. The number of aryl methyl sites for hydroxylation is 1. The summed E-state index contributed by atoms with van der Waals surface area (Å²) < 4.78 is 6.22. The van der Waals surface area contributed by atoms with Crippen molar-refractivity contribution in [1.82, 2.24) is 0 Å². The minimum Gasteiger partial charge on any atom is -0.479 e. The highest BCUT2D eigenvalue weighted by Gasteiger charge is 2.05. The predicted octanol–water partition coefficient (Wildman–Crippen LogP) is 3.42. The molecule has 0 saturated heterocycles. The third kappa shape index (κ3) is 2.65. The zero-order valence-corrected chi connectivity index (χ0v) is 9.45. The number of hydrogen-bond donors (Lipinski definition) is 0. The van der Waals surface area contributed by atoms with Crippen molar-refractivity contribution in [2.24, 2.45) is 0 Å². The van der Waals surface area contributed by atoms with Crippen molar-refractivity contribution in [1.29, 1.82) is 0 Å². The van der Waals surface area contributed by atoms with Crippen molar-refractivity contribution in [2.75, 3.05) is 6.61 Å². The monoisotopic (exact) mass is 258 g/mol. The fourth-order valence-corrected chi connectivity index (χ4v) is 2.01. The highest BCUT2D eigenvalue weighted by Crippen LogP contribution is 2.31. The first-order valence-electron chi connectivity index (χ1n) is 3.67. The Balaban J connectivity index is 3.00. The normalized spacial score (nSPS) is 9.38. The van der Waals surface area contributed by atoms with E-state index in [0.29, 0.717) is 10.8 Å². The second-order valence-corrected chi connectivity index (χ2v) is 3.85. The third-order valence-electron chi connectivity index (χ3n) is 1.49. The molecule has 0 N–H and O–H groups in total. The summed E-state index contributed by atoms with van der Waals surface area (Å²) in [5.74, 6) is 3.05. The molecule has 0 radical (unpaired) electrons. The van der Waals surface area contributed by atoms with Crippen molar-refractivity contribution >= 4 is 27.5 Å². The van der Waals surface area contributed by atoms with Gasteiger partial charge in [-0.2, -0.15) is 0 Å². The van der Waals surface area contributed by atoms with E-state index in [4.69, 9.17) is 22.8 Å². The predicted molar refractivity (Wildman–Crippen MR) is 58.2 cm³/mol. The fourth-order valence-electron chi connectivity index (χ4n) is 0.986. The maximum Gasteiger partial charge on any atom is 0.148 e. The van der Waals surface area contributed by atoms with Gasteiger partial charge in [0.05, 0.1) is 5.02 Å². The van der Waals surface area contributed by atoms with Crippen LogP contribution < -0.4 is 4.74 Å². The van der Waals surface area contributed by atoms with Gasteiger partial charge in [-0.15, -0.1) is 6.42 Å². The topological polar surface area (TPSA) is 9.23 Å². The zero-order chi connectivity index (χ0) is 9.84. The Bertz CT molecular complexity index is 331. The van der Waals surface area contributed by atoms with E-state index in [9.17, 15) is 0 Å². The van der Waals surface area contributed by atoms with Crippen LogP contribution in [0.2, 0.25) is 5.02 Å². The van der Waals surface area contributed by atoms with E-state index in [1.54, 1.807) is 6.07 Å². The molecule has 0 heterocycles. The first kappa shape index (κ1) is 10.4. The molecule has 0 spiro atoms. The van der Waals surface area contributed by atoms with Crippen LogP contribution in [0.25, 0.3) is 0 Å². The van der Waals surface area contributed by atoms with Crippen LogP contribution in [-0.4, -0.2) is 6.61 Å². The lowest BCUT2D eigenvalue weighted by molar-refractivity contribution is 0.368. The van der Waals surface area contributed by atoms with Gasteiger partial charge in [0.15, 0.2) is 0 Å². The average molecular weight is 260 g/mol. The Kier molecular flexibility index (Phi) is 3.65. The number of rotatable bonds is 2. The van der Waals surface area contributed by atoms with Crippen LogP contribution in [0.5, 0.6) is 5.75 Å². The Hall–Kier alpha value is -0.650. The van der Waals surface area contributed by atoms with Gasteiger partial charge in [-0.3, -0.25) is 0 Å². The highest BCUT2D eigenvalue weighted by molar-refractivity contribution is 9.10. The van der Waals surface area contributed by atoms with E-state index in [-0.39, 0.29) is 6.61 Å². The van der Waals surface area contributed by atoms with E-state index in [1.165, 1.54) is 0 Å². The standard InChI is InChI=1S/C10H8BrClO/c1-3-4-13-10-7(2)5-8(11)6-9(10)12/h1,5-6H,4H2,2H3. The average Bonchev–Trinajstić information content (AvgIpc) is 2.02. The molecular formula is C10H8BrClO. The van der Waals surface area contributed by atoms with Gasteiger partial charge < -0.3 is 4.74 Å². The third-order valence-corrected chi connectivity index (χ3v) is 2.23. The van der Waals surface area contributed by atoms with E-state index < -0.39 is 0 Å². The molecule has 13 heavy (non-hydrogen) atoms. The number of hydrogen-bond acceptors (Lipinski definition) is 1. The van der Waals surface area contributed by atoms with Gasteiger partial charge in [-0.25, -0.2) is 0 Å². The molecule has 3 heteroatoms. The van der Waals surface area contributed by atoms with Gasteiger partial charge in [0, 0.05) is 4.47 Å². The van der Waals surface area contributed by atoms with E-state index >= 15 is 0 Å². The summed E-state index contributed by atoms with van der Waals surface area (Å²) in [4.78, 5) is 0. The van der Waals surface area contributed by atoms with Crippen LogP contribution in [0.1, 0.15) is 5.56 Å². The van der Waals surface area contributed by atoms with Crippen LogP contribution in [-0.2, 0) is 0 Å². The smallest absolute Gasteiger partial charge is 0.148 e. The first-order valence-corrected chi connectivity index (χ1v) is 4.84. The summed E-state index contributed by atoms with van der Waals surface area (Å²) >= 11 is 9.28. The number of terminal acetylenes is 1. The van der Waals surface area contributed by atoms with Crippen LogP contribution in [0.4, 0.5) is 0 Å². The fraction of sp³-hybridized carbons (Fsp3) is 0.200. The minimum atomic E-state index is 0.238. The lowest BCUT2D eigenvalue weighted by atomic mass is 10.2. The number of benzene rings is 1. The highest BCUT2D eigenvalue weighted by atomic mass is 79.9. The SMILES string of the molecule is C#CCOc1c(C)cc(Br)cc1Cl. The molecule has 0 atom stereocenters. The van der Waals surface area contributed by atoms with Crippen LogP contribution >= 0.6 is 27.5 Å². The van der Waals surface area contributed by atoms with E-state index in [1.807, 2.05) is 13.0 Å². The van der Waals surface area contributed by atoms with Crippen LogP contribution in [0.15, 0.2) is 16.6 Å². The zero-order valence-electron chi connectivity index (χ0n) is 7.10. The molecule has 1 aromatic rings. The molecule has 1 nitrogen and oxygen atoms in total. The summed E-state index contributed by atoms with van der Waals surface area (Å²) in [6.45, 7) is 2.16. The molecule has 0 saturated carbocycles. The summed E-state index contributed by atoms with van der Waals surface area (Å²) in [5.41, 5.74) is 0.967. The number of ether oxygens (including phenoxy) is 1. The Morgan fingerprint density at radius 1 is 1.62 bits per heavy atom. The molecule has 0 aliphatic heterocycles. The van der Waals surface area contributed by atoms with Gasteiger partial charge >= 0.3 is 0 Å². The molecule has 0 aliphatic carbocycles. The van der Waals surface area contributed by atoms with Crippen molar-refractivity contribution in [3.05, 3.63) is 27.2 Å². The quantitative estimate of drug-likeness (QED) is 0.740. The molecule has 0 bridgehead atoms. The molecule has 0 aromatic heterocycles. The minimum absolute atomic E-state index is 0.238. The lowest BCUT2D eigenvalue weighted by Crippen LogP contribution is -1.96. The molecule has 0 amide bonds. The molecule has 0 aliphatic rings. The summed E-state index contributed by atoms with van der Waals surface area (Å²) in [6.07, 6.45) is 5.08. The van der Waals surface area contributed by atoms with E-state index in [0.717, 1.165) is 10.0 Å². The maximum atomic E-state index is 5.95. The van der Waals surface area contributed by atoms with Crippen molar-refractivity contribution in [3.63, 3.8) is 0 Å². The molecule has 1 rings (SSSR count). The molecular weight excluding hydrogens is 251 g/mol. The maximum absolute atomic E-state index is 5.95. The largest absolute Gasteiger partial charge is 0.479 e. The van der Waals surface area contributed by atoms with E-state index in [2.05, 4.69) is 21.9 Å². The van der Waals surface area contributed by atoms with Gasteiger partial charge in [-0.1, -0.05) is 33.5 Å². The molecule has 1 aromatic carbocycles. The van der Waals surface area contributed by atoms with Gasteiger partial charge in [0.25, 0.3) is 0 Å². The molecule has 0 fully saturated rings. The second kappa shape index (κ2) is 4.55. The van der Waals surface area contributed by atoms with Crippen molar-refractivity contribution < 1.29 is 4.74 Å². The van der Waals surface area contributed by atoms with Crippen molar-refractivity contribution in [3.8, 4) is 18.1 Å². The first-order chi connectivity index (χ1) is 6.15. The Morgan fingerprint density at radius 2 is 2.31 bits per heavy atom.